The van der Waals surface area contributed by atoms with Crippen LogP contribution in [0, 0.1) is 30.3 Å². The van der Waals surface area contributed by atoms with Gasteiger partial charge in [0.2, 0.25) is 0 Å². The van der Waals surface area contributed by atoms with Crippen LogP contribution in [0.25, 0.3) is 22.3 Å². The Labute approximate surface area is 349 Å². The van der Waals surface area contributed by atoms with Crippen LogP contribution in [0.1, 0.15) is 41.5 Å². The molecule has 2 aromatic heterocycles. The summed E-state index contributed by atoms with van der Waals surface area (Å²) < 4.78 is 69.8. The molecule has 0 aliphatic heterocycles. The van der Waals surface area contributed by atoms with E-state index in [4.69, 9.17) is 60.5 Å². The van der Waals surface area contributed by atoms with Gasteiger partial charge in [0, 0.05) is 40.3 Å². The minimum absolute atomic E-state index is 0. The van der Waals surface area contributed by atoms with Crippen molar-refractivity contribution in [2.75, 3.05) is 0 Å². The normalized spacial score (nSPS) is 10.7. The first kappa shape index (κ1) is 54.6. The van der Waals surface area contributed by atoms with Crippen LogP contribution >= 0.6 is 23.2 Å². The van der Waals surface area contributed by atoms with E-state index in [1.54, 1.807) is 36.7 Å². The first-order valence-electron chi connectivity index (χ1n) is 15.4. The molecule has 309 valence electrons. The van der Waals surface area contributed by atoms with Crippen molar-refractivity contribution in [2.45, 2.75) is 52.6 Å². The number of pyridine rings is 2. The predicted octanol–water partition coefficient (Wildman–Crippen LogP) is 0.472. The first-order chi connectivity index (χ1) is 24.8. The van der Waals surface area contributed by atoms with Gasteiger partial charge in [-0.05, 0) is 96.4 Å². The average Bonchev–Trinajstić information content (AvgIpc) is 3.08. The van der Waals surface area contributed by atoms with Crippen LogP contribution in [0.3, 0.4) is 0 Å². The predicted molar refractivity (Wildman–Crippen MR) is 187 cm³/mol. The van der Waals surface area contributed by atoms with Gasteiger partial charge in [-0.15, -0.1) is 20.5 Å². The Hall–Kier alpha value is -3.52. The summed E-state index contributed by atoms with van der Waals surface area (Å²) in [6.07, 6.45) is 3.47. The second-order valence-electron chi connectivity index (χ2n) is 12.6. The molecule has 15 nitrogen and oxygen atoms in total. The Morgan fingerprint density at radius 3 is 0.911 bits per heavy atom. The smallest absolute Gasteiger partial charge is 0.361 e. The molecule has 0 bridgehead atoms. The van der Waals surface area contributed by atoms with Crippen molar-refractivity contribution in [1.82, 2.24) is 9.97 Å². The zero-order valence-corrected chi connectivity index (χ0v) is 34.8. The summed E-state index contributed by atoms with van der Waals surface area (Å²) >= 11 is 11.2. The second kappa shape index (κ2) is 25.0. The standard InChI is InChI=1S/2C15H17N2O.C6H4Cl2.2ClHO4.Cu.H2O/c2*1-15(2,3)17(18)14-10-9-13(11-16-14)12-7-5-4-6-8-12;7-5-3-1-2-4-6(5)8;2*2-1(3,4)5;;/h2*4-11H,1-3H3;1-4H;2*(H,2,3,4,5);;1H2/q2*+1;;;;;/p-1. The summed E-state index contributed by atoms with van der Waals surface area (Å²) in [5.41, 5.74) is 3.29. The zero-order chi connectivity index (χ0) is 41.3. The minimum Gasteiger partial charge on any atom is -0.457 e. The summed E-state index contributed by atoms with van der Waals surface area (Å²) in [6.45, 7) is 11.2. The van der Waals surface area contributed by atoms with Crippen molar-refractivity contribution in [3.05, 3.63) is 141 Å². The molecule has 3 N–H and O–H groups in total. The van der Waals surface area contributed by atoms with Crippen LogP contribution in [0.4, 0.5) is 11.6 Å². The van der Waals surface area contributed by atoms with Crippen molar-refractivity contribution in [3.8, 4) is 22.3 Å². The molecular formula is C36H41Cl4CuN4O11+. The van der Waals surface area contributed by atoms with Crippen LogP contribution in [0.5, 0.6) is 0 Å². The van der Waals surface area contributed by atoms with Crippen LogP contribution in [-0.4, -0.2) is 30.6 Å². The van der Waals surface area contributed by atoms with Gasteiger partial charge in [-0.2, -0.15) is 0 Å². The molecule has 0 atom stereocenters. The number of halogens is 4. The molecule has 5 aromatic rings. The Kier molecular flexibility index (Phi) is 24.3. The van der Waals surface area contributed by atoms with Gasteiger partial charge in [-0.25, -0.2) is 37.3 Å². The molecule has 3 aromatic carbocycles. The fourth-order valence-corrected chi connectivity index (χ4v) is 4.01. The van der Waals surface area contributed by atoms with Crippen molar-refractivity contribution < 1.29 is 89.8 Å². The summed E-state index contributed by atoms with van der Waals surface area (Å²) in [6, 6.07) is 34.6. The summed E-state index contributed by atoms with van der Waals surface area (Å²) in [4.78, 5) is 32.4. The molecule has 0 unspecified atom stereocenters. The molecule has 1 radical (unpaired) electrons. The minimum atomic E-state index is -4.94. The number of nitrogens with zero attached hydrogens (tertiary/aromatic N) is 4. The maximum absolute atomic E-state index is 12.0. The molecular weight excluding hydrogens is 870 g/mol. The summed E-state index contributed by atoms with van der Waals surface area (Å²) in [7, 11) is -9.89. The molecule has 56 heavy (non-hydrogen) atoms. The van der Waals surface area contributed by atoms with E-state index in [1.807, 2.05) is 126 Å². The van der Waals surface area contributed by atoms with Crippen molar-refractivity contribution in [1.29, 1.82) is 0 Å². The maximum atomic E-state index is 12.0. The Morgan fingerprint density at radius 2 is 0.714 bits per heavy atom. The molecule has 0 saturated heterocycles. The van der Waals surface area contributed by atoms with Gasteiger partial charge in [0.1, 0.15) is 23.5 Å². The fraction of sp³-hybridized carbons (Fsp3) is 0.222. The summed E-state index contributed by atoms with van der Waals surface area (Å²) in [5, 5.41) is 1.21. The number of rotatable bonds is 4. The van der Waals surface area contributed by atoms with Crippen LogP contribution in [-0.2, 0) is 22.5 Å². The van der Waals surface area contributed by atoms with Gasteiger partial charge in [0.05, 0.1) is 10.0 Å². The number of benzene rings is 3. The molecule has 20 heteroatoms. The molecule has 0 fully saturated rings. The third kappa shape index (κ3) is 24.2. The van der Waals surface area contributed by atoms with Gasteiger partial charge in [0.25, 0.3) is 0 Å². The maximum Gasteiger partial charge on any atom is 0.361 e. The molecule has 5 rings (SSSR count). The van der Waals surface area contributed by atoms with Gasteiger partial charge < -0.3 is 5.48 Å². The first-order valence-corrected chi connectivity index (χ1v) is 18.6. The molecule has 0 saturated carbocycles. The van der Waals surface area contributed by atoms with Crippen molar-refractivity contribution in [3.63, 3.8) is 0 Å². The molecule has 0 spiro atoms. The monoisotopic (exact) mass is 908 g/mol. The topological polar surface area (TPSA) is 283 Å². The van der Waals surface area contributed by atoms with E-state index in [0.717, 1.165) is 31.8 Å². The second-order valence-corrected chi connectivity index (χ2v) is 15.0. The van der Waals surface area contributed by atoms with Crippen LogP contribution in [0.2, 0.25) is 10.0 Å². The third-order valence-corrected chi connectivity index (χ3v) is 6.92. The van der Waals surface area contributed by atoms with E-state index in [-0.39, 0.29) is 22.5 Å². The van der Waals surface area contributed by atoms with E-state index >= 15 is 0 Å². The van der Waals surface area contributed by atoms with Gasteiger partial charge in [0.15, 0.2) is 0 Å². The van der Waals surface area contributed by atoms with E-state index in [1.165, 1.54) is 0 Å². The van der Waals surface area contributed by atoms with E-state index in [0.29, 0.717) is 21.7 Å². The molecule has 0 amide bonds. The van der Waals surface area contributed by atoms with Gasteiger partial charge >= 0.3 is 11.6 Å². The summed E-state index contributed by atoms with van der Waals surface area (Å²) in [5.74, 6) is 0.893. The van der Waals surface area contributed by atoms with E-state index < -0.39 is 31.6 Å². The van der Waals surface area contributed by atoms with Gasteiger partial charge in [-0.3, -0.25) is 0 Å². The SMILES string of the molecule is CC(C)(C)[N+](=O)c1ccc(-c2ccccc2)cn1.CC(C)(C)[N+](=O)c1ccc(-c2ccccc2)cn1.Clc1ccccc1Cl.[Cu].[O-][Cl+3]([O-])([O-])[O-].[O-][Cl+3]([O-])([O-])[O-].[OH3+]. The number of aromatic nitrogens is 2. The van der Waals surface area contributed by atoms with Crippen LogP contribution in [0.15, 0.2) is 122 Å². The average molecular weight is 911 g/mol. The zero-order valence-electron chi connectivity index (χ0n) is 30.8. The number of nitroso groups, excluding NO2 is 2. The van der Waals surface area contributed by atoms with E-state index in [2.05, 4.69) is 9.97 Å². The van der Waals surface area contributed by atoms with Crippen LogP contribution < -0.4 is 37.3 Å². The Morgan fingerprint density at radius 1 is 0.464 bits per heavy atom. The van der Waals surface area contributed by atoms with Crippen molar-refractivity contribution in [2.24, 2.45) is 0 Å². The fourth-order valence-electron chi connectivity index (χ4n) is 3.74. The molecule has 2 heterocycles. The van der Waals surface area contributed by atoms with Gasteiger partial charge in [-0.1, -0.05) is 106 Å². The number of hydrogen-bond donors (Lipinski definition) is 0. The molecule has 0 aliphatic rings. The number of hydrogen-bond acceptors (Lipinski definition) is 12. The quantitative estimate of drug-likeness (QED) is 0.135. The third-order valence-electron chi connectivity index (χ3n) is 6.17. The molecule has 0 aliphatic carbocycles. The Bertz CT molecular complexity index is 1720. The van der Waals surface area contributed by atoms with E-state index in [9.17, 15) is 9.81 Å². The van der Waals surface area contributed by atoms with Crippen molar-refractivity contribution >= 4 is 34.8 Å². The Balaban J connectivity index is 0. The largest absolute Gasteiger partial charge is 0.457 e.